The molecule has 2 rings (SSSR count). The highest BCUT2D eigenvalue weighted by atomic mass is 16.5. The van der Waals surface area contributed by atoms with E-state index in [0.717, 1.165) is 16.6 Å². The number of hydrogen-bond donors (Lipinski definition) is 2. The van der Waals surface area contributed by atoms with Gasteiger partial charge >= 0.3 is 5.97 Å². The molecule has 0 bridgehead atoms. The molecule has 0 aliphatic heterocycles. The molecule has 0 amide bonds. The van der Waals surface area contributed by atoms with Crippen molar-refractivity contribution < 1.29 is 14.6 Å². The quantitative estimate of drug-likeness (QED) is 0.771. The molecule has 1 heterocycles. The topological polar surface area (TPSA) is 62.3 Å². The van der Waals surface area contributed by atoms with E-state index in [1.54, 1.807) is 0 Å². The van der Waals surface area contributed by atoms with Crippen molar-refractivity contribution in [2.75, 3.05) is 13.2 Å². The summed E-state index contributed by atoms with van der Waals surface area (Å²) in [6.45, 7) is 1.69. The second-order valence-electron chi connectivity index (χ2n) is 3.53. The van der Waals surface area contributed by atoms with Crippen LogP contribution in [0.3, 0.4) is 0 Å². The highest BCUT2D eigenvalue weighted by molar-refractivity contribution is 6.05. The third-order valence-electron chi connectivity index (χ3n) is 2.42. The normalized spacial score (nSPS) is 10.6. The van der Waals surface area contributed by atoms with Crippen LogP contribution in [0.15, 0.2) is 24.3 Å². The number of aryl methyl sites for hydroxylation is 1. The minimum Gasteiger partial charge on any atom is -0.460 e. The number of H-pyrrole nitrogens is 1. The molecule has 2 aromatic rings. The van der Waals surface area contributed by atoms with Crippen LogP contribution in [-0.4, -0.2) is 29.3 Å². The summed E-state index contributed by atoms with van der Waals surface area (Å²) in [5, 5.41) is 9.46. The van der Waals surface area contributed by atoms with E-state index >= 15 is 0 Å². The monoisotopic (exact) mass is 219 g/mol. The molecule has 84 valence electrons. The molecule has 0 radical (unpaired) electrons. The maximum atomic E-state index is 11.7. The zero-order valence-electron chi connectivity index (χ0n) is 8.99. The first-order valence-electron chi connectivity index (χ1n) is 5.09. The Balaban J connectivity index is 2.43. The number of ether oxygens (including phenoxy) is 1. The van der Waals surface area contributed by atoms with E-state index < -0.39 is 5.97 Å². The Morgan fingerprint density at radius 2 is 2.19 bits per heavy atom. The Labute approximate surface area is 92.9 Å². The number of fused-ring (bicyclic) bond motifs is 1. The molecule has 0 spiro atoms. The molecule has 4 nitrogen and oxygen atoms in total. The van der Waals surface area contributed by atoms with Gasteiger partial charge in [-0.15, -0.1) is 0 Å². The number of rotatable bonds is 3. The zero-order chi connectivity index (χ0) is 11.5. The molecule has 1 aromatic carbocycles. The highest BCUT2D eigenvalue weighted by Gasteiger charge is 2.16. The maximum absolute atomic E-state index is 11.7. The van der Waals surface area contributed by atoms with Crippen molar-refractivity contribution in [3.8, 4) is 0 Å². The van der Waals surface area contributed by atoms with Crippen LogP contribution in [0.25, 0.3) is 10.9 Å². The first kappa shape index (κ1) is 10.7. The van der Waals surface area contributed by atoms with Gasteiger partial charge in [-0.25, -0.2) is 4.79 Å². The standard InChI is InChI=1S/C12H13NO3/c1-8-11(12(15)16-7-6-14)9-4-2-3-5-10(9)13-8/h2-5,13-14H,6-7H2,1H3. The van der Waals surface area contributed by atoms with Crippen molar-refractivity contribution in [1.29, 1.82) is 0 Å². The van der Waals surface area contributed by atoms with Crippen LogP contribution in [0.5, 0.6) is 0 Å². The first-order valence-corrected chi connectivity index (χ1v) is 5.09. The smallest absolute Gasteiger partial charge is 0.340 e. The van der Waals surface area contributed by atoms with Crippen LogP contribution in [0.4, 0.5) is 0 Å². The lowest BCUT2D eigenvalue weighted by Gasteiger charge is -2.02. The van der Waals surface area contributed by atoms with Crippen molar-refractivity contribution >= 4 is 16.9 Å². The summed E-state index contributed by atoms with van der Waals surface area (Å²) in [6.07, 6.45) is 0. The molecule has 0 atom stereocenters. The molecule has 0 aliphatic rings. The van der Waals surface area contributed by atoms with E-state index in [1.165, 1.54) is 0 Å². The Morgan fingerprint density at radius 1 is 1.44 bits per heavy atom. The molecule has 0 aliphatic carbocycles. The maximum Gasteiger partial charge on any atom is 0.340 e. The number of esters is 1. The summed E-state index contributed by atoms with van der Waals surface area (Å²) in [7, 11) is 0. The van der Waals surface area contributed by atoms with Gasteiger partial charge in [-0.05, 0) is 13.0 Å². The third kappa shape index (κ3) is 1.79. The van der Waals surface area contributed by atoms with E-state index in [9.17, 15) is 4.79 Å². The number of aromatic nitrogens is 1. The Morgan fingerprint density at radius 3 is 2.94 bits per heavy atom. The van der Waals surface area contributed by atoms with Crippen LogP contribution < -0.4 is 0 Å². The summed E-state index contributed by atoms with van der Waals surface area (Å²) in [6, 6.07) is 7.55. The van der Waals surface area contributed by atoms with Gasteiger partial charge in [0.2, 0.25) is 0 Å². The summed E-state index contributed by atoms with van der Waals surface area (Å²) in [5.41, 5.74) is 2.24. The second-order valence-corrected chi connectivity index (χ2v) is 3.53. The number of para-hydroxylation sites is 1. The van der Waals surface area contributed by atoms with Gasteiger partial charge < -0.3 is 14.8 Å². The first-order chi connectivity index (χ1) is 7.74. The lowest BCUT2D eigenvalue weighted by molar-refractivity contribution is 0.0435. The van der Waals surface area contributed by atoms with Crippen LogP contribution in [0.1, 0.15) is 16.1 Å². The predicted octanol–water partition coefficient (Wildman–Crippen LogP) is 1.63. The number of carbonyl (C=O) groups excluding carboxylic acids is 1. The van der Waals surface area contributed by atoms with Crippen LogP contribution >= 0.6 is 0 Å². The Hall–Kier alpha value is -1.81. The molecule has 16 heavy (non-hydrogen) atoms. The molecule has 1 aromatic heterocycles. The van der Waals surface area contributed by atoms with E-state index in [1.807, 2.05) is 31.2 Å². The van der Waals surface area contributed by atoms with E-state index in [2.05, 4.69) is 4.98 Å². The number of aromatic amines is 1. The molecular formula is C12H13NO3. The number of benzene rings is 1. The van der Waals surface area contributed by atoms with Gasteiger partial charge in [0, 0.05) is 16.6 Å². The lowest BCUT2D eigenvalue weighted by atomic mass is 10.1. The molecule has 0 unspecified atom stereocenters. The average molecular weight is 219 g/mol. The van der Waals surface area contributed by atoms with Gasteiger partial charge in [-0.3, -0.25) is 0 Å². The Bertz CT molecular complexity index is 516. The highest BCUT2D eigenvalue weighted by Crippen LogP contribution is 2.22. The number of aliphatic hydroxyl groups excluding tert-OH is 1. The van der Waals surface area contributed by atoms with Crippen molar-refractivity contribution in [3.05, 3.63) is 35.5 Å². The molecule has 4 heteroatoms. The van der Waals surface area contributed by atoms with Crippen molar-refractivity contribution in [2.24, 2.45) is 0 Å². The summed E-state index contributed by atoms with van der Waals surface area (Å²) in [5.74, 6) is -0.399. The minimum atomic E-state index is -0.399. The average Bonchev–Trinajstić information content (AvgIpc) is 2.62. The van der Waals surface area contributed by atoms with Crippen molar-refractivity contribution in [1.82, 2.24) is 4.98 Å². The van der Waals surface area contributed by atoms with Gasteiger partial charge in [0.05, 0.1) is 12.2 Å². The molecular weight excluding hydrogens is 206 g/mol. The lowest BCUT2D eigenvalue weighted by Crippen LogP contribution is -2.09. The van der Waals surface area contributed by atoms with E-state index in [4.69, 9.17) is 9.84 Å². The molecule has 2 N–H and O–H groups in total. The largest absolute Gasteiger partial charge is 0.460 e. The number of nitrogens with one attached hydrogen (secondary N) is 1. The molecule has 0 fully saturated rings. The van der Waals surface area contributed by atoms with Gasteiger partial charge in [0.25, 0.3) is 0 Å². The van der Waals surface area contributed by atoms with Crippen molar-refractivity contribution in [3.63, 3.8) is 0 Å². The van der Waals surface area contributed by atoms with Gasteiger partial charge in [-0.1, -0.05) is 18.2 Å². The van der Waals surface area contributed by atoms with Crippen LogP contribution in [0, 0.1) is 6.92 Å². The number of carbonyl (C=O) groups is 1. The number of aliphatic hydroxyl groups is 1. The fourth-order valence-electron chi connectivity index (χ4n) is 1.75. The third-order valence-corrected chi connectivity index (χ3v) is 2.42. The summed E-state index contributed by atoms with van der Waals surface area (Å²) >= 11 is 0. The van der Waals surface area contributed by atoms with Gasteiger partial charge in [0.15, 0.2) is 0 Å². The minimum absolute atomic E-state index is 0.0256. The van der Waals surface area contributed by atoms with E-state index in [-0.39, 0.29) is 13.2 Å². The fourth-order valence-corrected chi connectivity index (χ4v) is 1.75. The number of hydrogen-bond acceptors (Lipinski definition) is 3. The van der Waals surface area contributed by atoms with Crippen LogP contribution in [-0.2, 0) is 4.74 Å². The fraction of sp³-hybridized carbons (Fsp3) is 0.250. The van der Waals surface area contributed by atoms with E-state index in [0.29, 0.717) is 5.56 Å². The molecule has 0 saturated carbocycles. The van der Waals surface area contributed by atoms with Gasteiger partial charge in [-0.2, -0.15) is 0 Å². The second kappa shape index (κ2) is 4.37. The Kier molecular flexibility index (Phi) is 2.92. The summed E-state index contributed by atoms with van der Waals surface area (Å²) in [4.78, 5) is 14.9. The SMILES string of the molecule is Cc1[nH]c2ccccc2c1C(=O)OCCO. The van der Waals surface area contributed by atoms with Crippen LogP contribution in [0.2, 0.25) is 0 Å². The predicted molar refractivity (Wildman–Crippen MR) is 60.4 cm³/mol. The summed E-state index contributed by atoms with van der Waals surface area (Å²) < 4.78 is 4.92. The zero-order valence-corrected chi connectivity index (χ0v) is 8.99. The van der Waals surface area contributed by atoms with Gasteiger partial charge in [0.1, 0.15) is 6.61 Å². The van der Waals surface area contributed by atoms with Crippen molar-refractivity contribution in [2.45, 2.75) is 6.92 Å². The molecule has 0 saturated heterocycles.